The van der Waals surface area contributed by atoms with Crippen LogP contribution in [0.4, 0.5) is 10.5 Å². The van der Waals surface area contributed by atoms with Crippen LogP contribution in [0, 0.1) is 12.5 Å². The van der Waals surface area contributed by atoms with E-state index in [2.05, 4.69) is 29.3 Å². The van der Waals surface area contributed by atoms with Gasteiger partial charge in [0.2, 0.25) is 0 Å². The summed E-state index contributed by atoms with van der Waals surface area (Å²) < 4.78 is 10.3. The molecule has 0 heterocycles. The van der Waals surface area contributed by atoms with Crippen LogP contribution in [0.3, 0.4) is 0 Å². The smallest absolute Gasteiger partial charge is 0.408 e. The summed E-state index contributed by atoms with van der Waals surface area (Å²) in [5, 5.41) is 15.1. The van der Waals surface area contributed by atoms with Crippen molar-refractivity contribution in [2.45, 2.75) is 38.5 Å². The Bertz CT molecular complexity index is 1090. The Kier molecular flexibility index (Phi) is 9.42. The van der Waals surface area contributed by atoms with Gasteiger partial charge in [-0.25, -0.2) is 4.79 Å². The molecule has 35 heavy (non-hydrogen) atoms. The maximum absolute atomic E-state index is 13.4. The second-order valence-corrected chi connectivity index (χ2v) is 8.80. The number of rotatable bonds is 8. The van der Waals surface area contributed by atoms with Gasteiger partial charge in [-0.15, -0.1) is 0 Å². The number of thiol groups is 1. The van der Waals surface area contributed by atoms with Crippen molar-refractivity contribution < 1.29 is 29.0 Å². The minimum Gasteiger partial charge on any atom is -0.508 e. The van der Waals surface area contributed by atoms with Gasteiger partial charge in [0, 0.05) is 17.5 Å². The summed E-state index contributed by atoms with van der Waals surface area (Å²) in [5.41, 5.74) is -0.0943. The Morgan fingerprint density at radius 1 is 1.17 bits per heavy atom. The fourth-order valence-corrected chi connectivity index (χ4v) is 3.31. The van der Waals surface area contributed by atoms with Crippen molar-refractivity contribution in [3.8, 4) is 24.0 Å². The standard InChI is InChI=1S/C25H29N3O6S/c1-6-28(23(31)20(15-35)27-24(32)34-25(2,3)4)21(16-8-7-9-18(29)14-16)22(30)26-17-10-12-19(33-5)13-11-17/h1,7-14,20-21,29,35H,15H2,2-5H3,(H,26,30)(H,27,32). The van der Waals surface area contributed by atoms with Crippen molar-refractivity contribution in [1.29, 1.82) is 0 Å². The zero-order valence-electron chi connectivity index (χ0n) is 19.9. The summed E-state index contributed by atoms with van der Waals surface area (Å²) in [6.45, 7) is 5.04. The van der Waals surface area contributed by atoms with Crippen LogP contribution in [0.25, 0.3) is 0 Å². The van der Waals surface area contributed by atoms with E-state index < -0.39 is 35.6 Å². The zero-order valence-corrected chi connectivity index (χ0v) is 20.8. The van der Waals surface area contributed by atoms with Gasteiger partial charge in [0.1, 0.15) is 29.2 Å². The third-order valence-electron chi connectivity index (χ3n) is 4.60. The monoisotopic (exact) mass is 499 g/mol. The molecule has 0 aliphatic carbocycles. The molecular weight excluding hydrogens is 470 g/mol. The van der Waals surface area contributed by atoms with Crippen LogP contribution in [0.15, 0.2) is 48.5 Å². The van der Waals surface area contributed by atoms with Gasteiger partial charge in [-0.05, 0) is 62.7 Å². The lowest BCUT2D eigenvalue weighted by atomic mass is 10.0. The van der Waals surface area contributed by atoms with Gasteiger partial charge in [-0.1, -0.05) is 18.6 Å². The number of aromatic hydroxyl groups is 1. The summed E-state index contributed by atoms with van der Waals surface area (Å²) in [7, 11) is 1.52. The molecule has 0 saturated carbocycles. The van der Waals surface area contributed by atoms with Gasteiger partial charge in [0.15, 0.2) is 0 Å². The van der Waals surface area contributed by atoms with Gasteiger partial charge in [0.05, 0.1) is 7.11 Å². The average molecular weight is 500 g/mol. The van der Waals surface area contributed by atoms with Crippen LogP contribution in [0.1, 0.15) is 32.4 Å². The number of amides is 3. The van der Waals surface area contributed by atoms with E-state index in [0.29, 0.717) is 11.4 Å². The summed E-state index contributed by atoms with van der Waals surface area (Å²) in [6.07, 6.45) is 4.84. The number of nitrogens with zero attached hydrogens (tertiary/aromatic N) is 1. The first-order valence-electron chi connectivity index (χ1n) is 10.6. The molecule has 0 radical (unpaired) electrons. The van der Waals surface area contributed by atoms with Gasteiger partial charge in [-0.3, -0.25) is 14.5 Å². The number of terminal acetylenes is 1. The maximum Gasteiger partial charge on any atom is 0.408 e. The van der Waals surface area contributed by atoms with E-state index in [1.54, 1.807) is 51.1 Å². The number of benzene rings is 2. The predicted octanol–water partition coefficient (Wildman–Crippen LogP) is 3.32. The lowest BCUT2D eigenvalue weighted by molar-refractivity contribution is -0.136. The SMILES string of the molecule is C#CN(C(=O)C(CS)NC(=O)OC(C)(C)C)C(C(=O)Nc1ccc(OC)cc1)c1cccc(O)c1. The summed E-state index contributed by atoms with van der Waals surface area (Å²) in [4.78, 5) is 39.8. The molecule has 0 fully saturated rings. The van der Waals surface area contributed by atoms with Crippen LogP contribution in [-0.4, -0.2) is 52.4 Å². The minimum absolute atomic E-state index is 0.108. The Labute approximate surface area is 210 Å². The second-order valence-electron chi connectivity index (χ2n) is 8.43. The number of methoxy groups -OCH3 is 1. The highest BCUT2D eigenvalue weighted by Gasteiger charge is 2.35. The molecule has 2 unspecified atom stereocenters. The van der Waals surface area contributed by atoms with Crippen LogP contribution in [0.5, 0.6) is 11.5 Å². The van der Waals surface area contributed by atoms with E-state index in [1.807, 2.05) is 0 Å². The molecular formula is C25H29N3O6S. The third kappa shape index (κ3) is 7.86. The number of nitrogens with one attached hydrogen (secondary N) is 2. The van der Waals surface area contributed by atoms with Crippen molar-refractivity contribution in [1.82, 2.24) is 10.2 Å². The Morgan fingerprint density at radius 2 is 1.83 bits per heavy atom. The summed E-state index contributed by atoms with van der Waals surface area (Å²) in [6, 6.07) is 12.1. The Morgan fingerprint density at radius 3 is 2.34 bits per heavy atom. The number of phenols is 1. The molecule has 2 aromatic rings. The number of hydrogen-bond acceptors (Lipinski definition) is 7. The number of hydrogen-bond donors (Lipinski definition) is 4. The van der Waals surface area contributed by atoms with Gasteiger partial charge >= 0.3 is 6.09 Å². The first-order chi connectivity index (χ1) is 16.5. The van der Waals surface area contributed by atoms with E-state index in [0.717, 1.165) is 4.90 Å². The molecule has 2 rings (SSSR count). The minimum atomic E-state index is -1.33. The van der Waals surface area contributed by atoms with Crippen LogP contribution in [0.2, 0.25) is 0 Å². The lowest BCUT2D eigenvalue weighted by Gasteiger charge is -2.30. The van der Waals surface area contributed by atoms with E-state index in [9.17, 15) is 19.5 Å². The van der Waals surface area contributed by atoms with Gasteiger partial charge in [0.25, 0.3) is 11.8 Å². The van der Waals surface area contributed by atoms with E-state index >= 15 is 0 Å². The second kappa shape index (κ2) is 12.0. The molecule has 0 saturated heterocycles. The highest BCUT2D eigenvalue weighted by atomic mass is 32.1. The molecule has 0 spiro atoms. The normalized spacial score (nSPS) is 12.5. The molecule has 10 heteroatoms. The predicted molar refractivity (Wildman–Crippen MR) is 135 cm³/mol. The quantitative estimate of drug-likeness (QED) is 0.252. The van der Waals surface area contributed by atoms with E-state index in [-0.39, 0.29) is 17.1 Å². The lowest BCUT2D eigenvalue weighted by Crippen LogP contribution is -2.51. The number of anilines is 1. The molecule has 186 valence electrons. The molecule has 0 aliphatic heterocycles. The Hall–Kier alpha value is -3.84. The van der Waals surface area contributed by atoms with Crippen LogP contribution < -0.4 is 15.4 Å². The largest absolute Gasteiger partial charge is 0.508 e. The number of carbonyl (C=O) groups excluding carboxylic acids is 3. The summed E-state index contributed by atoms with van der Waals surface area (Å²) >= 11 is 4.16. The molecule has 0 aromatic heterocycles. The molecule has 3 amide bonds. The van der Waals surface area contributed by atoms with Gasteiger partial charge < -0.3 is 25.2 Å². The Balaban J connectivity index is 2.38. The molecule has 0 bridgehead atoms. The fourth-order valence-electron chi connectivity index (χ4n) is 3.07. The van der Waals surface area contributed by atoms with Crippen molar-refractivity contribution in [2.24, 2.45) is 0 Å². The molecule has 2 atom stereocenters. The van der Waals surface area contributed by atoms with Crippen LogP contribution >= 0.6 is 12.6 Å². The number of phenolic OH excluding ortho intramolecular Hbond substituents is 1. The highest BCUT2D eigenvalue weighted by molar-refractivity contribution is 7.80. The van der Waals surface area contributed by atoms with Crippen LogP contribution in [-0.2, 0) is 14.3 Å². The molecule has 3 N–H and O–H groups in total. The molecule has 2 aromatic carbocycles. The number of ether oxygens (including phenoxy) is 2. The first-order valence-corrected chi connectivity index (χ1v) is 11.3. The first kappa shape index (κ1) is 27.4. The average Bonchev–Trinajstić information content (AvgIpc) is 2.79. The van der Waals surface area contributed by atoms with E-state index in [1.165, 1.54) is 25.3 Å². The zero-order chi connectivity index (χ0) is 26.2. The topological polar surface area (TPSA) is 117 Å². The highest BCUT2D eigenvalue weighted by Crippen LogP contribution is 2.27. The van der Waals surface area contributed by atoms with Gasteiger partial charge in [-0.2, -0.15) is 12.6 Å². The van der Waals surface area contributed by atoms with E-state index in [4.69, 9.17) is 15.9 Å². The number of carbonyl (C=O) groups is 3. The third-order valence-corrected chi connectivity index (χ3v) is 4.96. The fraction of sp³-hybridized carbons (Fsp3) is 0.320. The van der Waals surface area contributed by atoms with Crippen molar-refractivity contribution in [2.75, 3.05) is 18.2 Å². The number of alkyl carbamates (subject to hydrolysis) is 1. The maximum atomic E-state index is 13.4. The van der Waals surface area contributed by atoms with Crippen molar-refractivity contribution in [3.05, 3.63) is 54.1 Å². The molecule has 0 aliphatic rings. The summed E-state index contributed by atoms with van der Waals surface area (Å²) in [5.74, 6) is -1.03. The van der Waals surface area contributed by atoms with Crippen molar-refractivity contribution in [3.63, 3.8) is 0 Å². The van der Waals surface area contributed by atoms with Crippen molar-refractivity contribution >= 4 is 36.2 Å². The molecule has 9 nitrogen and oxygen atoms in total.